The van der Waals surface area contributed by atoms with Crippen molar-refractivity contribution in [1.29, 1.82) is 0 Å². The molecule has 1 saturated heterocycles. The summed E-state index contributed by atoms with van der Waals surface area (Å²) in [5.41, 5.74) is 0.654. The average Bonchev–Trinajstić information content (AvgIpc) is 3.37. The van der Waals surface area contributed by atoms with Gasteiger partial charge in [0.2, 0.25) is 11.7 Å². The number of ether oxygens (including phenoxy) is 1. The first-order valence-corrected chi connectivity index (χ1v) is 9.56. The molecule has 0 aliphatic carbocycles. The molecule has 0 N–H and O–H groups in total. The maximum Gasteiger partial charge on any atom is 0.253 e. The van der Waals surface area contributed by atoms with Crippen LogP contribution >= 0.6 is 0 Å². The number of aryl methyl sites for hydroxylation is 1. The Kier molecular flexibility index (Phi) is 5.14. The summed E-state index contributed by atoms with van der Waals surface area (Å²) in [5.74, 6) is 3.18. The molecule has 3 aromatic rings. The highest BCUT2D eigenvalue weighted by Gasteiger charge is 2.29. The normalized spacial score (nSPS) is 16.9. The van der Waals surface area contributed by atoms with Gasteiger partial charge >= 0.3 is 0 Å². The van der Waals surface area contributed by atoms with Gasteiger partial charge in [-0.1, -0.05) is 5.16 Å². The van der Waals surface area contributed by atoms with Gasteiger partial charge < -0.3 is 18.6 Å². The Hall–Kier alpha value is -3.09. The zero-order chi connectivity index (χ0) is 19.5. The van der Waals surface area contributed by atoms with E-state index in [1.54, 1.807) is 12.1 Å². The molecule has 0 bridgehead atoms. The summed E-state index contributed by atoms with van der Waals surface area (Å²) in [4.78, 5) is 19.2. The fraction of sp³-hybridized carbons (Fsp3) is 0.381. The van der Waals surface area contributed by atoms with Crippen LogP contribution in [0.25, 0.3) is 11.6 Å². The summed E-state index contributed by atoms with van der Waals surface area (Å²) in [6.45, 7) is 5.69. The fourth-order valence-corrected chi connectivity index (χ4v) is 3.46. The van der Waals surface area contributed by atoms with Gasteiger partial charge in [-0.05, 0) is 63.1 Å². The van der Waals surface area contributed by atoms with E-state index in [0.29, 0.717) is 36.2 Å². The Morgan fingerprint density at radius 3 is 2.79 bits per heavy atom. The Balaban J connectivity index is 1.45. The SMILES string of the molecule is CCOc1ccc(C(=O)N2CCC[C@H](c3nc(-c4ccc(C)o4)no3)C2)cc1. The second-order valence-electron chi connectivity index (χ2n) is 6.91. The molecule has 0 unspecified atom stereocenters. The topological polar surface area (TPSA) is 81.6 Å². The minimum absolute atomic E-state index is 0.00847. The molecule has 0 radical (unpaired) electrons. The van der Waals surface area contributed by atoms with Gasteiger partial charge in [0.15, 0.2) is 5.76 Å². The standard InChI is InChI=1S/C21H23N3O4/c1-3-26-17-9-7-15(8-10-17)21(25)24-12-4-5-16(13-24)20-22-19(23-28-20)18-11-6-14(2)27-18/h6-11,16H,3-5,12-13H2,1-2H3/t16-/m0/s1. The van der Waals surface area contributed by atoms with Crippen molar-refractivity contribution in [3.05, 3.63) is 53.6 Å². The molecule has 1 atom stereocenters. The Morgan fingerprint density at radius 2 is 2.07 bits per heavy atom. The van der Waals surface area contributed by atoms with E-state index in [9.17, 15) is 4.79 Å². The number of hydrogen-bond acceptors (Lipinski definition) is 6. The third-order valence-electron chi connectivity index (χ3n) is 4.87. The number of hydrogen-bond donors (Lipinski definition) is 0. The number of furan rings is 1. The maximum absolute atomic E-state index is 12.9. The number of amides is 1. The Bertz CT molecular complexity index is 945. The van der Waals surface area contributed by atoms with Crippen molar-refractivity contribution in [2.24, 2.45) is 0 Å². The molecule has 1 aliphatic rings. The summed E-state index contributed by atoms with van der Waals surface area (Å²) in [7, 11) is 0. The van der Waals surface area contributed by atoms with E-state index in [1.807, 2.05) is 43.0 Å². The lowest BCUT2D eigenvalue weighted by Gasteiger charge is -2.31. The zero-order valence-electron chi connectivity index (χ0n) is 16.1. The van der Waals surface area contributed by atoms with Crippen molar-refractivity contribution < 1.29 is 18.5 Å². The highest BCUT2D eigenvalue weighted by atomic mass is 16.5. The summed E-state index contributed by atoms with van der Waals surface area (Å²) >= 11 is 0. The zero-order valence-corrected chi connectivity index (χ0v) is 16.1. The van der Waals surface area contributed by atoms with Crippen LogP contribution in [0.4, 0.5) is 0 Å². The molecule has 1 amide bonds. The smallest absolute Gasteiger partial charge is 0.253 e. The Labute approximate surface area is 163 Å². The van der Waals surface area contributed by atoms with E-state index >= 15 is 0 Å². The van der Waals surface area contributed by atoms with E-state index in [4.69, 9.17) is 13.7 Å². The maximum atomic E-state index is 12.9. The van der Waals surface area contributed by atoms with Crippen LogP contribution in [-0.2, 0) is 0 Å². The highest BCUT2D eigenvalue weighted by Crippen LogP contribution is 2.29. The lowest BCUT2D eigenvalue weighted by Crippen LogP contribution is -2.39. The first kappa shape index (κ1) is 18.3. The van der Waals surface area contributed by atoms with Crippen LogP contribution in [-0.4, -0.2) is 40.6 Å². The third kappa shape index (κ3) is 3.78. The largest absolute Gasteiger partial charge is 0.494 e. The number of aromatic nitrogens is 2. The molecule has 1 fully saturated rings. The lowest BCUT2D eigenvalue weighted by atomic mass is 9.97. The molecule has 1 aliphatic heterocycles. The van der Waals surface area contributed by atoms with Crippen LogP contribution in [0, 0.1) is 6.92 Å². The van der Waals surface area contributed by atoms with Gasteiger partial charge in [-0.15, -0.1) is 0 Å². The quantitative estimate of drug-likeness (QED) is 0.663. The van der Waals surface area contributed by atoms with Crippen molar-refractivity contribution in [3.63, 3.8) is 0 Å². The molecule has 2 aromatic heterocycles. The predicted octanol–water partition coefficient (Wildman–Crippen LogP) is 4.06. The van der Waals surface area contributed by atoms with E-state index in [1.165, 1.54) is 0 Å². The van der Waals surface area contributed by atoms with E-state index in [0.717, 1.165) is 30.9 Å². The number of benzene rings is 1. The van der Waals surface area contributed by atoms with E-state index < -0.39 is 0 Å². The minimum Gasteiger partial charge on any atom is -0.494 e. The summed E-state index contributed by atoms with van der Waals surface area (Å²) in [6.07, 6.45) is 1.80. The van der Waals surface area contributed by atoms with Crippen LogP contribution in [0.15, 0.2) is 45.3 Å². The molecule has 3 heterocycles. The van der Waals surface area contributed by atoms with Gasteiger partial charge in [-0.3, -0.25) is 4.79 Å². The number of piperidine rings is 1. The van der Waals surface area contributed by atoms with E-state index in [2.05, 4.69) is 10.1 Å². The molecule has 7 nitrogen and oxygen atoms in total. The van der Waals surface area contributed by atoms with Crippen molar-refractivity contribution in [1.82, 2.24) is 15.0 Å². The van der Waals surface area contributed by atoms with Crippen LogP contribution in [0.2, 0.25) is 0 Å². The van der Waals surface area contributed by atoms with Gasteiger partial charge in [0.1, 0.15) is 11.5 Å². The van der Waals surface area contributed by atoms with Gasteiger partial charge in [0.05, 0.1) is 12.5 Å². The molecule has 28 heavy (non-hydrogen) atoms. The summed E-state index contributed by atoms with van der Waals surface area (Å²) in [5, 5.41) is 4.03. The summed E-state index contributed by atoms with van der Waals surface area (Å²) < 4.78 is 16.5. The van der Waals surface area contributed by atoms with Crippen LogP contribution < -0.4 is 4.74 Å². The van der Waals surface area contributed by atoms with Crippen molar-refractivity contribution >= 4 is 5.91 Å². The molecule has 146 valence electrons. The number of likely N-dealkylation sites (tertiary alicyclic amines) is 1. The first-order valence-electron chi connectivity index (χ1n) is 9.56. The van der Waals surface area contributed by atoms with Crippen LogP contribution in [0.5, 0.6) is 5.75 Å². The molecular formula is C21H23N3O4. The van der Waals surface area contributed by atoms with E-state index in [-0.39, 0.29) is 11.8 Å². The molecule has 0 spiro atoms. The molecule has 1 aromatic carbocycles. The second kappa shape index (κ2) is 7.88. The molecule has 7 heteroatoms. The first-order chi connectivity index (χ1) is 13.6. The second-order valence-corrected chi connectivity index (χ2v) is 6.91. The highest BCUT2D eigenvalue weighted by molar-refractivity contribution is 5.94. The molecule has 4 rings (SSSR count). The van der Waals surface area contributed by atoms with Crippen molar-refractivity contribution in [2.45, 2.75) is 32.6 Å². The van der Waals surface area contributed by atoms with Gasteiger partial charge in [0, 0.05) is 18.7 Å². The monoisotopic (exact) mass is 381 g/mol. The minimum atomic E-state index is 0.00847. The van der Waals surface area contributed by atoms with Crippen LogP contribution in [0.3, 0.4) is 0 Å². The van der Waals surface area contributed by atoms with Gasteiger partial charge in [-0.25, -0.2) is 0 Å². The predicted molar refractivity (Wildman–Crippen MR) is 102 cm³/mol. The van der Waals surface area contributed by atoms with Crippen LogP contribution in [0.1, 0.15) is 47.7 Å². The number of carbonyl (C=O) groups is 1. The van der Waals surface area contributed by atoms with Crippen molar-refractivity contribution in [2.75, 3.05) is 19.7 Å². The summed E-state index contributed by atoms with van der Waals surface area (Å²) in [6, 6.07) is 11.0. The number of carbonyl (C=O) groups excluding carboxylic acids is 1. The molecular weight excluding hydrogens is 358 g/mol. The Morgan fingerprint density at radius 1 is 1.25 bits per heavy atom. The lowest BCUT2D eigenvalue weighted by molar-refractivity contribution is 0.0695. The number of nitrogens with zero attached hydrogens (tertiary/aromatic N) is 3. The average molecular weight is 381 g/mol. The molecule has 0 saturated carbocycles. The van der Waals surface area contributed by atoms with Gasteiger partial charge in [-0.2, -0.15) is 4.98 Å². The van der Waals surface area contributed by atoms with Crippen molar-refractivity contribution in [3.8, 4) is 17.3 Å². The fourth-order valence-electron chi connectivity index (χ4n) is 3.46. The number of rotatable bonds is 5. The van der Waals surface area contributed by atoms with Gasteiger partial charge in [0.25, 0.3) is 5.91 Å². The third-order valence-corrected chi connectivity index (χ3v) is 4.87.